The maximum Gasteiger partial charge on any atom is 0.242 e. The van der Waals surface area contributed by atoms with Crippen LogP contribution in [0.25, 0.3) is 0 Å². The molecule has 0 radical (unpaired) electrons. The average molecular weight is 506 g/mol. The molecule has 1 saturated heterocycles. The summed E-state index contributed by atoms with van der Waals surface area (Å²) in [4.78, 5) is 31.4. The summed E-state index contributed by atoms with van der Waals surface area (Å²) >= 11 is 0. The van der Waals surface area contributed by atoms with E-state index in [2.05, 4.69) is 24.1 Å². The minimum absolute atomic E-state index is 0.0104. The van der Waals surface area contributed by atoms with Crippen LogP contribution in [0.15, 0.2) is 53.7 Å². The third kappa shape index (κ3) is 4.90. The molecule has 5 rings (SSSR count). The van der Waals surface area contributed by atoms with Gasteiger partial charge in [0.1, 0.15) is 0 Å². The summed E-state index contributed by atoms with van der Waals surface area (Å²) < 4.78 is 16.6. The lowest BCUT2D eigenvalue weighted by Gasteiger charge is -2.39. The van der Waals surface area contributed by atoms with Crippen LogP contribution in [0.2, 0.25) is 0 Å². The van der Waals surface area contributed by atoms with Crippen LogP contribution in [-0.2, 0) is 14.3 Å². The number of anilines is 2. The minimum atomic E-state index is -0.473. The third-order valence-electron chi connectivity index (χ3n) is 7.40. The average Bonchev–Trinajstić information content (AvgIpc) is 3.02. The van der Waals surface area contributed by atoms with Gasteiger partial charge in [0.15, 0.2) is 17.3 Å². The van der Waals surface area contributed by atoms with Gasteiger partial charge in [-0.05, 0) is 41.7 Å². The first-order chi connectivity index (χ1) is 17.8. The zero-order valence-corrected chi connectivity index (χ0v) is 22.0. The lowest BCUT2D eigenvalue weighted by Crippen LogP contribution is -2.47. The minimum Gasteiger partial charge on any atom is -0.493 e. The van der Waals surface area contributed by atoms with Crippen LogP contribution < -0.4 is 19.7 Å². The van der Waals surface area contributed by atoms with Gasteiger partial charge in [-0.15, -0.1) is 0 Å². The molecule has 1 atom stereocenters. The maximum absolute atomic E-state index is 13.8. The Hall–Kier alpha value is -3.52. The molecule has 3 aliphatic rings. The number of nitrogens with zero attached hydrogens (tertiary/aromatic N) is 2. The fourth-order valence-electron chi connectivity index (χ4n) is 5.66. The predicted octanol–water partition coefficient (Wildman–Crippen LogP) is 4.18. The second-order valence-corrected chi connectivity index (χ2v) is 10.6. The Balaban J connectivity index is 1.68. The van der Waals surface area contributed by atoms with Crippen molar-refractivity contribution in [3.63, 3.8) is 0 Å². The Labute approximate surface area is 218 Å². The number of hydrogen-bond acceptors (Lipinski definition) is 7. The van der Waals surface area contributed by atoms with Gasteiger partial charge in [-0.1, -0.05) is 32.0 Å². The lowest BCUT2D eigenvalue weighted by atomic mass is 9.73. The Bertz CT molecular complexity index is 1230. The van der Waals surface area contributed by atoms with Gasteiger partial charge in [-0.2, -0.15) is 0 Å². The number of morpholine rings is 1. The number of carbonyl (C=O) groups is 2. The molecular weight excluding hydrogens is 470 g/mol. The van der Waals surface area contributed by atoms with E-state index in [0.717, 1.165) is 29.1 Å². The quantitative estimate of drug-likeness (QED) is 0.653. The fourth-order valence-corrected chi connectivity index (χ4v) is 5.66. The third-order valence-corrected chi connectivity index (χ3v) is 7.40. The summed E-state index contributed by atoms with van der Waals surface area (Å²) in [5.74, 6) is 1.29. The highest BCUT2D eigenvalue weighted by molar-refractivity contribution is 6.02. The monoisotopic (exact) mass is 505 g/mol. The summed E-state index contributed by atoms with van der Waals surface area (Å²) in [6.07, 6.45) is 1.18. The van der Waals surface area contributed by atoms with Crippen molar-refractivity contribution in [2.75, 3.05) is 57.3 Å². The van der Waals surface area contributed by atoms with Crippen LogP contribution in [-0.4, -0.2) is 63.7 Å². The number of allylic oxidation sites excluding steroid dienone is 1. The molecule has 2 aromatic rings. The fraction of sp³-hybridized carbons (Fsp3) is 0.448. The Morgan fingerprint density at radius 1 is 1.05 bits per heavy atom. The number of hydrogen-bond donors (Lipinski definition) is 1. The molecule has 1 aliphatic carbocycles. The number of rotatable bonds is 5. The molecule has 1 amide bonds. The molecule has 0 aromatic heterocycles. The van der Waals surface area contributed by atoms with Crippen molar-refractivity contribution in [2.45, 2.75) is 32.7 Å². The number of benzene rings is 2. The van der Waals surface area contributed by atoms with Crippen molar-refractivity contribution in [3.05, 3.63) is 59.3 Å². The molecule has 0 bridgehead atoms. The second-order valence-electron chi connectivity index (χ2n) is 10.6. The molecule has 8 heteroatoms. The molecule has 2 heterocycles. The molecule has 0 spiro atoms. The van der Waals surface area contributed by atoms with E-state index in [-0.39, 0.29) is 23.7 Å². The second kappa shape index (κ2) is 10.1. The summed E-state index contributed by atoms with van der Waals surface area (Å²) in [5.41, 5.74) is 4.08. The van der Waals surface area contributed by atoms with Gasteiger partial charge in [0.05, 0.1) is 51.4 Å². The number of fused-ring (bicyclic) bond motifs is 1. The van der Waals surface area contributed by atoms with Crippen LogP contribution in [0.3, 0.4) is 0 Å². The number of Topliss-reactive ketones (excluding diaryl/α,β-unsaturated/α-hetero) is 1. The number of amides is 1. The van der Waals surface area contributed by atoms with Crippen molar-refractivity contribution >= 4 is 23.1 Å². The molecule has 0 saturated carbocycles. The standard InChI is InChI=1S/C29H35N3O5/c1-29(2)16-21-27(23(33)17-29)28(19-9-10-24(35-3)25(15-19)36-4)32(22-8-6-5-7-20(22)30-21)18-26(34)31-11-13-37-14-12-31/h5-10,15,28,30H,11-14,16-18H2,1-4H3. The van der Waals surface area contributed by atoms with E-state index < -0.39 is 6.04 Å². The molecule has 1 N–H and O–H groups in total. The van der Waals surface area contributed by atoms with Gasteiger partial charge in [-0.3, -0.25) is 9.59 Å². The molecule has 2 aliphatic heterocycles. The summed E-state index contributed by atoms with van der Waals surface area (Å²) in [5, 5.41) is 3.60. The Morgan fingerprint density at radius 2 is 1.78 bits per heavy atom. The number of nitrogens with one attached hydrogen (secondary N) is 1. The lowest BCUT2D eigenvalue weighted by molar-refractivity contribution is -0.133. The largest absolute Gasteiger partial charge is 0.493 e. The van der Waals surface area contributed by atoms with Crippen molar-refractivity contribution < 1.29 is 23.8 Å². The Kier molecular flexibility index (Phi) is 6.86. The van der Waals surface area contributed by atoms with Gasteiger partial charge in [0, 0.05) is 30.8 Å². The molecule has 1 unspecified atom stereocenters. The first kappa shape index (κ1) is 25.1. The summed E-state index contributed by atoms with van der Waals surface area (Å²) in [7, 11) is 3.20. The highest BCUT2D eigenvalue weighted by Crippen LogP contribution is 2.49. The van der Waals surface area contributed by atoms with Gasteiger partial charge in [0.25, 0.3) is 0 Å². The normalized spacial score (nSPS) is 21.0. The zero-order chi connectivity index (χ0) is 26.2. The van der Waals surface area contributed by atoms with Crippen molar-refractivity contribution in [1.82, 2.24) is 4.90 Å². The van der Waals surface area contributed by atoms with E-state index in [1.807, 2.05) is 47.4 Å². The number of methoxy groups -OCH3 is 2. The van der Waals surface area contributed by atoms with Crippen LogP contribution in [0.1, 0.15) is 38.3 Å². The van der Waals surface area contributed by atoms with Crippen LogP contribution in [0.5, 0.6) is 11.5 Å². The molecule has 37 heavy (non-hydrogen) atoms. The van der Waals surface area contributed by atoms with E-state index in [1.54, 1.807) is 14.2 Å². The van der Waals surface area contributed by atoms with Crippen molar-refractivity contribution in [1.29, 1.82) is 0 Å². The van der Waals surface area contributed by atoms with Gasteiger partial charge >= 0.3 is 0 Å². The SMILES string of the molecule is COc1ccc(C2C3=C(CC(C)(C)CC3=O)Nc3ccccc3N2CC(=O)N2CCOCC2)cc1OC. The van der Waals surface area contributed by atoms with E-state index >= 15 is 0 Å². The van der Waals surface area contributed by atoms with Gasteiger partial charge in [-0.25, -0.2) is 0 Å². The van der Waals surface area contributed by atoms with Crippen molar-refractivity contribution in [3.8, 4) is 11.5 Å². The molecule has 196 valence electrons. The van der Waals surface area contributed by atoms with E-state index in [1.165, 1.54) is 0 Å². The molecule has 1 fully saturated rings. The number of carbonyl (C=O) groups excluding carboxylic acids is 2. The Morgan fingerprint density at radius 3 is 2.51 bits per heavy atom. The van der Waals surface area contributed by atoms with E-state index in [4.69, 9.17) is 14.2 Å². The summed E-state index contributed by atoms with van der Waals surface area (Å²) in [6.45, 7) is 6.57. The van der Waals surface area contributed by atoms with Gasteiger partial charge < -0.3 is 29.3 Å². The van der Waals surface area contributed by atoms with Crippen LogP contribution in [0.4, 0.5) is 11.4 Å². The number of ketones is 1. The summed E-state index contributed by atoms with van der Waals surface area (Å²) in [6, 6.07) is 13.2. The first-order valence-electron chi connectivity index (χ1n) is 12.8. The van der Waals surface area contributed by atoms with Crippen LogP contribution >= 0.6 is 0 Å². The smallest absolute Gasteiger partial charge is 0.242 e. The molecular formula is C29H35N3O5. The zero-order valence-electron chi connectivity index (χ0n) is 22.0. The van der Waals surface area contributed by atoms with Crippen molar-refractivity contribution in [2.24, 2.45) is 5.41 Å². The predicted molar refractivity (Wildman–Crippen MR) is 142 cm³/mol. The highest BCUT2D eigenvalue weighted by atomic mass is 16.5. The van der Waals surface area contributed by atoms with Crippen LogP contribution in [0, 0.1) is 5.41 Å². The van der Waals surface area contributed by atoms with E-state index in [9.17, 15) is 9.59 Å². The topological polar surface area (TPSA) is 80.3 Å². The molecule has 8 nitrogen and oxygen atoms in total. The number of para-hydroxylation sites is 2. The maximum atomic E-state index is 13.8. The number of ether oxygens (including phenoxy) is 3. The molecule has 2 aromatic carbocycles. The highest BCUT2D eigenvalue weighted by Gasteiger charge is 2.42. The van der Waals surface area contributed by atoms with Gasteiger partial charge in [0.2, 0.25) is 5.91 Å². The van der Waals surface area contributed by atoms with E-state index in [0.29, 0.717) is 49.8 Å². The first-order valence-corrected chi connectivity index (χ1v) is 12.8.